The summed E-state index contributed by atoms with van der Waals surface area (Å²) in [5.74, 6) is 0.0156. The van der Waals surface area contributed by atoms with Gasteiger partial charge in [0.25, 0.3) is 0 Å². The summed E-state index contributed by atoms with van der Waals surface area (Å²) in [5, 5.41) is 6.89. The highest BCUT2D eigenvalue weighted by Crippen LogP contribution is 2.11. The molecule has 2 heterocycles. The van der Waals surface area contributed by atoms with Crippen LogP contribution in [-0.4, -0.2) is 27.7 Å². The number of carbonyl (C=O) groups excluding carboxylic acids is 1. The topological polar surface area (TPSA) is 90.1 Å². The van der Waals surface area contributed by atoms with Crippen molar-refractivity contribution >= 4 is 11.9 Å². The van der Waals surface area contributed by atoms with Gasteiger partial charge in [0.05, 0.1) is 24.4 Å². The van der Waals surface area contributed by atoms with Crippen molar-refractivity contribution in [2.45, 2.75) is 27.3 Å². The molecule has 0 aliphatic rings. The number of ether oxygens (including phenoxy) is 1. The Balaban J connectivity index is 2.05. The SMILES string of the molecule is CCOC(=O)c1cnc(NCc2nocc2C)nc1C. The Morgan fingerprint density at radius 2 is 2.25 bits per heavy atom. The van der Waals surface area contributed by atoms with Crippen LogP contribution in [0.1, 0.15) is 34.2 Å². The van der Waals surface area contributed by atoms with E-state index in [1.54, 1.807) is 20.1 Å². The first-order chi connectivity index (χ1) is 9.61. The van der Waals surface area contributed by atoms with Crippen LogP contribution in [0.15, 0.2) is 17.0 Å². The van der Waals surface area contributed by atoms with Gasteiger partial charge in [0.15, 0.2) is 0 Å². The number of anilines is 1. The van der Waals surface area contributed by atoms with E-state index >= 15 is 0 Å². The molecule has 0 radical (unpaired) electrons. The fraction of sp³-hybridized carbons (Fsp3) is 0.385. The number of hydrogen-bond donors (Lipinski definition) is 1. The molecule has 20 heavy (non-hydrogen) atoms. The molecule has 2 aromatic heterocycles. The van der Waals surface area contributed by atoms with E-state index in [-0.39, 0.29) is 0 Å². The Labute approximate surface area is 116 Å². The van der Waals surface area contributed by atoms with E-state index in [4.69, 9.17) is 9.26 Å². The van der Waals surface area contributed by atoms with Crippen LogP contribution < -0.4 is 5.32 Å². The molecule has 2 rings (SSSR count). The zero-order valence-electron chi connectivity index (χ0n) is 11.6. The smallest absolute Gasteiger partial charge is 0.341 e. The van der Waals surface area contributed by atoms with E-state index in [1.807, 2.05) is 6.92 Å². The molecule has 2 aromatic rings. The van der Waals surface area contributed by atoms with Crippen molar-refractivity contribution in [2.24, 2.45) is 0 Å². The molecule has 7 nitrogen and oxygen atoms in total. The van der Waals surface area contributed by atoms with Gasteiger partial charge >= 0.3 is 5.97 Å². The molecule has 0 fully saturated rings. The Morgan fingerprint density at radius 3 is 2.85 bits per heavy atom. The van der Waals surface area contributed by atoms with Gasteiger partial charge < -0.3 is 14.6 Å². The maximum absolute atomic E-state index is 11.6. The highest BCUT2D eigenvalue weighted by Gasteiger charge is 2.13. The third kappa shape index (κ3) is 3.11. The standard InChI is InChI=1S/C13H16N4O3/c1-4-19-12(18)10-5-14-13(16-9(10)3)15-6-11-8(2)7-20-17-11/h5,7H,4,6H2,1-3H3,(H,14,15,16). The predicted octanol–water partition coefficient (Wildman–Crippen LogP) is 1.87. The van der Waals surface area contributed by atoms with E-state index in [2.05, 4.69) is 20.4 Å². The monoisotopic (exact) mass is 276 g/mol. The van der Waals surface area contributed by atoms with Crippen molar-refractivity contribution in [1.82, 2.24) is 15.1 Å². The van der Waals surface area contributed by atoms with Gasteiger partial charge in [-0.15, -0.1) is 0 Å². The summed E-state index contributed by atoms with van der Waals surface area (Å²) < 4.78 is 9.76. The van der Waals surface area contributed by atoms with Crippen molar-refractivity contribution in [2.75, 3.05) is 11.9 Å². The van der Waals surface area contributed by atoms with Crippen LogP contribution >= 0.6 is 0 Å². The number of nitrogens with one attached hydrogen (secondary N) is 1. The first-order valence-corrected chi connectivity index (χ1v) is 6.26. The van der Waals surface area contributed by atoms with Crippen LogP contribution in [0.5, 0.6) is 0 Å². The van der Waals surface area contributed by atoms with Gasteiger partial charge in [-0.1, -0.05) is 5.16 Å². The summed E-state index contributed by atoms with van der Waals surface area (Å²) in [5.41, 5.74) is 2.69. The zero-order valence-corrected chi connectivity index (χ0v) is 11.6. The lowest BCUT2D eigenvalue weighted by atomic mass is 10.2. The van der Waals surface area contributed by atoms with Crippen LogP contribution in [0.2, 0.25) is 0 Å². The summed E-state index contributed by atoms with van der Waals surface area (Å²) in [7, 11) is 0. The van der Waals surface area contributed by atoms with E-state index in [0.29, 0.717) is 30.4 Å². The number of aromatic nitrogens is 3. The van der Waals surface area contributed by atoms with E-state index in [0.717, 1.165) is 11.3 Å². The van der Waals surface area contributed by atoms with Crippen molar-refractivity contribution in [1.29, 1.82) is 0 Å². The Morgan fingerprint density at radius 1 is 1.45 bits per heavy atom. The van der Waals surface area contributed by atoms with Gasteiger partial charge in [0.2, 0.25) is 5.95 Å². The van der Waals surface area contributed by atoms with E-state index in [1.165, 1.54) is 6.20 Å². The van der Waals surface area contributed by atoms with Crippen molar-refractivity contribution < 1.29 is 14.1 Å². The molecule has 0 bridgehead atoms. The number of carbonyl (C=O) groups is 1. The van der Waals surface area contributed by atoms with Crippen LogP contribution in [0, 0.1) is 13.8 Å². The van der Waals surface area contributed by atoms with Crippen LogP contribution in [-0.2, 0) is 11.3 Å². The number of nitrogens with zero attached hydrogens (tertiary/aromatic N) is 3. The van der Waals surface area contributed by atoms with Crippen molar-refractivity contribution in [3.05, 3.63) is 35.0 Å². The largest absolute Gasteiger partial charge is 0.462 e. The van der Waals surface area contributed by atoms with Gasteiger partial charge in [-0.2, -0.15) is 0 Å². The highest BCUT2D eigenvalue weighted by atomic mass is 16.5. The molecular weight excluding hydrogens is 260 g/mol. The maximum atomic E-state index is 11.6. The second-order valence-electron chi connectivity index (χ2n) is 4.21. The lowest BCUT2D eigenvalue weighted by Crippen LogP contribution is -2.11. The molecule has 7 heteroatoms. The molecule has 1 N–H and O–H groups in total. The third-order valence-corrected chi connectivity index (χ3v) is 2.74. The Bertz CT molecular complexity index is 609. The summed E-state index contributed by atoms with van der Waals surface area (Å²) in [4.78, 5) is 19.9. The van der Waals surface area contributed by atoms with E-state index < -0.39 is 5.97 Å². The minimum atomic E-state index is -0.413. The van der Waals surface area contributed by atoms with Crippen molar-refractivity contribution in [3.8, 4) is 0 Å². The number of esters is 1. The molecule has 0 aromatic carbocycles. The van der Waals surface area contributed by atoms with Gasteiger partial charge in [-0.25, -0.2) is 14.8 Å². The molecule has 0 atom stereocenters. The molecule has 0 aliphatic carbocycles. The maximum Gasteiger partial charge on any atom is 0.341 e. The lowest BCUT2D eigenvalue weighted by molar-refractivity contribution is 0.0524. The molecular formula is C13H16N4O3. The van der Waals surface area contributed by atoms with Crippen LogP contribution in [0.4, 0.5) is 5.95 Å². The second kappa shape index (κ2) is 6.14. The average Bonchev–Trinajstić information content (AvgIpc) is 2.82. The molecule has 0 aliphatic heterocycles. The second-order valence-corrected chi connectivity index (χ2v) is 4.21. The first-order valence-electron chi connectivity index (χ1n) is 6.26. The molecule has 0 unspecified atom stereocenters. The molecule has 0 saturated heterocycles. The quantitative estimate of drug-likeness (QED) is 0.833. The summed E-state index contributed by atoms with van der Waals surface area (Å²) in [6.45, 7) is 6.18. The number of hydrogen-bond acceptors (Lipinski definition) is 7. The first kappa shape index (κ1) is 14.0. The van der Waals surface area contributed by atoms with E-state index in [9.17, 15) is 4.79 Å². The molecule has 106 valence electrons. The molecule has 0 amide bonds. The van der Waals surface area contributed by atoms with Gasteiger partial charge in [-0.3, -0.25) is 0 Å². The fourth-order valence-electron chi connectivity index (χ4n) is 1.61. The van der Waals surface area contributed by atoms with Gasteiger partial charge in [-0.05, 0) is 20.8 Å². The minimum absolute atomic E-state index is 0.323. The predicted molar refractivity (Wildman–Crippen MR) is 71.3 cm³/mol. The number of rotatable bonds is 5. The fourth-order valence-corrected chi connectivity index (χ4v) is 1.61. The Kier molecular flexibility index (Phi) is 4.29. The normalized spacial score (nSPS) is 10.3. The number of aryl methyl sites for hydroxylation is 2. The average molecular weight is 276 g/mol. The van der Waals surface area contributed by atoms with Crippen molar-refractivity contribution in [3.63, 3.8) is 0 Å². The lowest BCUT2D eigenvalue weighted by Gasteiger charge is -2.07. The minimum Gasteiger partial charge on any atom is -0.462 e. The highest BCUT2D eigenvalue weighted by molar-refractivity contribution is 5.90. The third-order valence-electron chi connectivity index (χ3n) is 2.74. The Hall–Kier alpha value is -2.44. The van der Waals surface area contributed by atoms with Gasteiger partial charge in [0.1, 0.15) is 12.0 Å². The van der Waals surface area contributed by atoms with Crippen LogP contribution in [0.25, 0.3) is 0 Å². The summed E-state index contributed by atoms with van der Waals surface area (Å²) in [6.07, 6.45) is 3.03. The summed E-state index contributed by atoms with van der Waals surface area (Å²) >= 11 is 0. The summed E-state index contributed by atoms with van der Waals surface area (Å²) in [6, 6.07) is 0. The van der Waals surface area contributed by atoms with Crippen LogP contribution in [0.3, 0.4) is 0 Å². The molecule has 0 saturated carbocycles. The zero-order chi connectivity index (χ0) is 14.5. The molecule has 0 spiro atoms. The van der Waals surface area contributed by atoms with Gasteiger partial charge in [0, 0.05) is 11.8 Å².